The highest BCUT2D eigenvalue weighted by molar-refractivity contribution is 5.82. The maximum Gasteiger partial charge on any atom is 0.326 e. The van der Waals surface area contributed by atoms with Crippen molar-refractivity contribution in [2.45, 2.75) is 38.8 Å². The smallest absolute Gasteiger partial charge is 0.326 e. The molecule has 1 aromatic rings. The summed E-state index contributed by atoms with van der Waals surface area (Å²) in [7, 11) is 1.59. The number of urea groups is 1. The molecule has 3 N–H and O–H groups in total. The second kappa shape index (κ2) is 7.40. The van der Waals surface area contributed by atoms with Crippen molar-refractivity contribution < 1.29 is 14.7 Å². The molecule has 0 aliphatic heterocycles. The number of nitrogens with zero attached hydrogens (tertiary/aromatic N) is 2. The van der Waals surface area contributed by atoms with Crippen LogP contribution in [-0.4, -0.2) is 45.1 Å². The first-order valence-electron chi connectivity index (χ1n) is 6.27. The van der Waals surface area contributed by atoms with Gasteiger partial charge in [0.1, 0.15) is 11.9 Å². The maximum atomic E-state index is 11.9. The molecule has 0 unspecified atom stereocenters. The summed E-state index contributed by atoms with van der Waals surface area (Å²) in [5.41, 5.74) is 0. The van der Waals surface area contributed by atoms with Crippen molar-refractivity contribution in [2.75, 3.05) is 7.05 Å². The Kier molecular flexibility index (Phi) is 5.84. The Morgan fingerprint density at radius 1 is 1.58 bits per heavy atom. The van der Waals surface area contributed by atoms with Gasteiger partial charge in [0.05, 0.1) is 6.54 Å². The zero-order valence-electron chi connectivity index (χ0n) is 11.2. The van der Waals surface area contributed by atoms with E-state index >= 15 is 0 Å². The van der Waals surface area contributed by atoms with Gasteiger partial charge in [-0.05, 0) is 6.42 Å². The quantitative estimate of drug-likeness (QED) is 0.692. The SMILES string of the molecule is CCCC[C@H](NC(=O)N(C)Cc1ncc[nH]1)C(=O)O. The van der Waals surface area contributed by atoms with Gasteiger partial charge >= 0.3 is 12.0 Å². The molecule has 19 heavy (non-hydrogen) atoms. The van der Waals surface area contributed by atoms with Gasteiger partial charge in [-0.15, -0.1) is 0 Å². The average molecular weight is 268 g/mol. The van der Waals surface area contributed by atoms with E-state index in [-0.39, 0.29) is 0 Å². The summed E-state index contributed by atoms with van der Waals surface area (Å²) in [4.78, 5) is 31.2. The zero-order chi connectivity index (χ0) is 14.3. The van der Waals surface area contributed by atoms with Gasteiger partial charge in [0, 0.05) is 19.4 Å². The van der Waals surface area contributed by atoms with Crippen LogP contribution in [0.15, 0.2) is 12.4 Å². The summed E-state index contributed by atoms with van der Waals surface area (Å²) in [5, 5.41) is 11.5. The van der Waals surface area contributed by atoms with Gasteiger partial charge in [0.2, 0.25) is 0 Å². The van der Waals surface area contributed by atoms with Crippen LogP contribution < -0.4 is 5.32 Å². The lowest BCUT2D eigenvalue weighted by molar-refractivity contribution is -0.139. The topological polar surface area (TPSA) is 98.3 Å². The summed E-state index contributed by atoms with van der Waals surface area (Å²) in [6.45, 7) is 2.28. The van der Waals surface area contributed by atoms with Crippen molar-refractivity contribution >= 4 is 12.0 Å². The number of unbranched alkanes of at least 4 members (excludes halogenated alkanes) is 1. The molecule has 106 valence electrons. The Morgan fingerprint density at radius 2 is 2.32 bits per heavy atom. The Hall–Kier alpha value is -2.05. The van der Waals surface area contributed by atoms with E-state index in [1.54, 1.807) is 19.4 Å². The van der Waals surface area contributed by atoms with Crippen LogP contribution in [0.3, 0.4) is 0 Å². The Balaban J connectivity index is 2.48. The van der Waals surface area contributed by atoms with Crippen LogP contribution in [-0.2, 0) is 11.3 Å². The van der Waals surface area contributed by atoms with Gasteiger partial charge < -0.3 is 20.3 Å². The molecule has 2 amide bonds. The number of carbonyl (C=O) groups excluding carboxylic acids is 1. The molecule has 0 aliphatic carbocycles. The van der Waals surface area contributed by atoms with E-state index in [0.29, 0.717) is 18.8 Å². The number of amides is 2. The fourth-order valence-corrected chi connectivity index (χ4v) is 1.61. The molecular formula is C12H20N4O3. The van der Waals surface area contributed by atoms with E-state index in [4.69, 9.17) is 5.11 Å². The van der Waals surface area contributed by atoms with E-state index in [2.05, 4.69) is 15.3 Å². The summed E-state index contributed by atoms with van der Waals surface area (Å²) in [5.74, 6) is -0.355. The standard InChI is InChI=1S/C12H20N4O3/c1-3-4-5-9(11(17)18)15-12(19)16(2)8-10-13-6-7-14-10/h6-7,9H,3-5,8H2,1-2H3,(H,13,14)(H,15,19)(H,17,18)/t9-/m0/s1. The van der Waals surface area contributed by atoms with E-state index in [0.717, 1.165) is 12.8 Å². The molecule has 7 heteroatoms. The number of nitrogens with one attached hydrogen (secondary N) is 2. The molecule has 1 heterocycles. The predicted molar refractivity (Wildman–Crippen MR) is 69.5 cm³/mol. The number of carboxylic acid groups (broad SMARTS) is 1. The number of imidazole rings is 1. The lowest BCUT2D eigenvalue weighted by atomic mass is 10.1. The number of hydrogen-bond donors (Lipinski definition) is 3. The number of aromatic nitrogens is 2. The van der Waals surface area contributed by atoms with Gasteiger partial charge in [-0.2, -0.15) is 0 Å². The van der Waals surface area contributed by atoms with Crippen molar-refractivity contribution in [3.8, 4) is 0 Å². The number of rotatable bonds is 7. The van der Waals surface area contributed by atoms with Crippen molar-refractivity contribution in [1.82, 2.24) is 20.2 Å². The third-order valence-electron chi connectivity index (χ3n) is 2.73. The van der Waals surface area contributed by atoms with Crippen molar-refractivity contribution in [3.05, 3.63) is 18.2 Å². The zero-order valence-corrected chi connectivity index (χ0v) is 11.2. The molecule has 0 radical (unpaired) electrons. The van der Waals surface area contributed by atoms with Crippen LogP contribution in [0.1, 0.15) is 32.0 Å². The number of aromatic amines is 1. The van der Waals surface area contributed by atoms with Crippen LogP contribution in [0, 0.1) is 0 Å². The first-order valence-corrected chi connectivity index (χ1v) is 6.27. The number of carbonyl (C=O) groups is 2. The van der Waals surface area contributed by atoms with Crippen LogP contribution in [0.4, 0.5) is 4.79 Å². The van der Waals surface area contributed by atoms with Gasteiger partial charge in [-0.1, -0.05) is 19.8 Å². The Morgan fingerprint density at radius 3 is 2.84 bits per heavy atom. The fourth-order valence-electron chi connectivity index (χ4n) is 1.61. The number of H-pyrrole nitrogens is 1. The van der Waals surface area contributed by atoms with Gasteiger partial charge in [0.15, 0.2) is 0 Å². The van der Waals surface area contributed by atoms with Gasteiger partial charge in [-0.3, -0.25) is 0 Å². The largest absolute Gasteiger partial charge is 0.480 e. The van der Waals surface area contributed by atoms with Crippen molar-refractivity contribution in [2.24, 2.45) is 0 Å². The minimum atomic E-state index is -1.01. The highest BCUT2D eigenvalue weighted by atomic mass is 16.4. The third kappa shape index (κ3) is 4.99. The minimum Gasteiger partial charge on any atom is -0.480 e. The van der Waals surface area contributed by atoms with Crippen LogP contribution in [0.2, 0.25) is 0 Å². The molecule has 7 nitrogen and oxygen atoms in total. The predicted octanol–water partition coefficient (Wildman–Crippen LogP) is 1.19. The molecular weight excluding hydrogens is 248 g/mol. The molecule has 0 aliphatic rings. The summed E-state index contributed by atoms with van der Waals surface area (Å²) in [6.07, 6.45) is 5.36. The highest BCUT2D eigenvalue weighted by Gasteiger charge is 2.21. The molecule has 0 bridgehead atoms. The summed E-state index contributed by atoms with van der Waals surface area (Å²) >= 11 is 0. The molecule has 0 saturated carbocycles. The van der Waals surface area contributed by atoms with E-state index in [9.17, 15) is 9.59 Å². The van der Waals surface area contributed by atoms with Crippen molar-refractivity contribution in [3.63, 3.8) is 0 Å². The van der Waals surface area contributed by atoms with Gasteiger partial charge in [0.25, 0.3) is 0 Å². The fraction of sp³-hybridized carbons (Fsp3) is 0.583. The average Bonchev–Trinajstić information content (AvgIpc) is 2.86. The molecule has 0 aromatic carbocycles. The van der Waals surface area contributed by atoms with E-state index < -0.39 is 18.0 Å². The normalized spacial score (nSPS) is 11.9. The molecule has 0 fully saturated rings. The molecule has 1 rings (SSSR count). The third-order valence-corrected chi connectivity index (χ3v) is 2.73. The molecule has 1 aromatic heterocycles. The Bertz CT molecular complexity index is 405. The second-order valence-corrected chi connectivity index (χ2v) is 4.37. The number of aliphatic carboxylic acids is 1. The van der Waals surface area contributed by atoms with Gasteiger partial charge in [-0.25, -0.2) is 14.6 Å². The van der Waals surface area contributed by atoms with Crippen LogP contribution >= 0.6 is 0 Å². The molecule has 0 spiro atoms. The summed E-state index contributed by atoms with van der Waals surface area (Å²) < 4.78 is 0. The van der Waals surface area contributed by atoms with Crippen LogP contribution in [0.25, 0.3) is 0 Å². The van der Waals surface area contributed by atoms with E-state index in [1.807, 2.05) is 6.92 Å². The maximum absolute atomic E-state index is 11.9. The molecule has 1 atom stereocenters. The lowest BCUT2D eigenvalue weighted by Gasteiger charge is -2.20. The summed E-state index contributed by atoms with van der Waals surface area (Å²) in [6, 6.07) is -1.26. The Labute approximate surface area is 112 Å². The van der Waals surface area contributed by atoms with E-state index in [1.165, 1.54) is 4.90 Å². The highest BCUT2D eigenvalue weighted by Crippen LogP contribution is 2.03. The monoisotopic (exact) mass is 268 g/mol. The lowest BCUT2D eigenvalue weighted by Crippen LogP contribution is -2.46. The first kappa shape index (κ1) is 15.0. The molecule has 0 saturated heterocycles. The van der Waals surface area contributed by atoms with Crippen LogP contribution in [0.5, 0.6) is 0 Å². The second-order valence-electron chi connectivity index (χ2n) is 4.37. The first-order chi connectivity index (χ1) is 9.04. The van der Waals surface area contributed by atoms with Crippen molar-refractivity contribution in [1.29, 1.82) is 0 Å². The number of carboxylic acids is 1. The number of hydrogen-bond acceptors (Lipinski definition) is 3. The minimum absolute atomic E-state index is 0.305.